The average molecular weight is 248 g/mol. The normalized spacial score (nSPS) is 10.3. The Morgan fingerprint density at radius 1 is 1.22 bits per heavy atom. The standard InChI is InChI=1S/C12H9FN2O3/c13-10-1-2-12(15(17)18)9(7-10)8-14-5-3-11(16)4-6-14/h1-7H,8H2. The second-order valence-corrected chi connectivity index (χ2v) is 3.74. The highest BCUT2D eigenvalue weighted by molar-refractivity contribution is 5.40. The van der Waals surface area contributed by atoms with Gasteiger partial charge in [0, 0.05) is 30.6 Å². The molecule has 0 spiro atoms. The lowest BCUT2D eigenvalue weighted by Gasteiger charge is -2.06. The Morgan fingerprint density at radius 2 is 1.89 bits per heavy atom. The molecule has 0 aliphatic carbocycles. The van der Waals surface area contributed by atoms with Crippen molar-refractivity contribution >= 4 is 5.69 Å². The number of benzene rings is 1. The Hall–Kier alpha value is -2.50. The van der Waals surface area contributed by atoms with Crippen molar-refractivity contribution in [3.63, 3.8) is 0 Å². The molecule has 0 saturated carbocycles. The highest BCUT2D eigenvalue weighted by atomic mass is 19.1. The van der Waals surface area contributed by atoms with Gasteiger partial charge < -0.3 is 4.57 Å². The van der Waals surface area contributed by atoms with Gasteiger partial charge in [0.25, 0.3) is 5.69 Å². The molecule has 0 amide bonds. The number of rotatable bonds is 3. The number of hydrogen-bond acceptors (Lipinski definition) is 3. The molecule has 0 fully saturated rings. The zero-order chi connectivity index (χ0) is 13.1. The summed E-state index contributed by atoms with van der Waals surface area (Å²) in [5, 5.41) is 10.8. The minimum atomic E-state index is -0.558. The summed E-state index contributed by atoms with van der Waals surface area (Å²) in [7, 11) is 0. The predicted octanol–water partition coefficient (Wildman–Crippen LogP) is 1.94. The number of halogens is 1. The Balaban J connectivity index is 2.38. The highest BCUT2D eigenvalue weighted by Crippen LogP contribution is 2.20. The zero-order valence-corrected chi connectivity index (χ0v) is 9.25. The molecule has 0 bridgehead atoms. The third-order valence-corrected chi connectivity index (χ3v) is 2.45. The molecule has 6 heteroatoms. The molecule has 1 aromatic heterocycles. The van der Waals surface area contributed by atoms with Crippen molar-refractivity contribution in [2.45, 2.75) is 6.54 Å². The summed E-state index contributed by atoms with van der Waals surface area (Å²) >= 11 is 0. The van der Waals surface area contributed by atoms with Crippen LogP contribution in [0.4, 0.5) is 10.1 Å². The zero-order valence-electron chi connectivity index (χ0n) is 9.25. The fourth-order valence-electron chi connectivity index (χ4n) is 1.60. The van der Waals surface area contributed by atoms with E-state index in [1.165, 1.54) is 24.5 Å². The maximum atomic E-state index is 13.1. The van der Waals surface area contributed by atoms with Gasteiger partial charge in [-0.3, -0.25) is 14.9 Å². The van der Waals surface area contributed by atoms with Crippen molar-refractivity contribution in [3.8, 4) is 0 Å². The van der Waals surface area contributed by atoms with Crippen LogP contribution in [0.15, 0.2) is 47.5 Å². The summed E-state index contributed by atoms with van der Waals surface area (Å²) in [4.78, 5) is 21.2. The van der Waals surface area contributed by atoms with E-state index in [0.29, 0.717) is 0 Å². The number of nitrogens with zero attached hydrogens (tertiary/aromatic N) is 2. The molecule has 1 heterocycles. The van der Waals surface area contributed by atoms with E-state index < -0.39 is 10.7 Å². The van der Waals surface area contributed by atoms with Crippen molar-refractivity contribution in [1.29, 1.82) is 0 Å². The number of nitro benzene ring substituents is 1. The van der Waals surface area contributed by atoms with Gasteiger partial charge in [-0.1, -0.05) is 0 Å². The molecule has 2 aromatic rings. The maximum absolute atomic E-state index is 13.1. The summed E-state index contributed by atoms with van der Waals surface area (Å²) < 4.78 is 14.7. The summed E-state index contributed by atoms with van der Waals surface area (Å²) in [5.74, 6) is -0.531. The highest BCUT2D eigenvalue weighted by Gasteiger charge is 2.14. The Morgan fingerprint density at radius 3 is 2.50 bits per heavy atom. The molecule has 0 saturated heterocycles. The number of hydrogen-bond donors (Lipinski definition) is 0. The Labute approximate surface area is 101 Å². The van der Waals surface area contributed by atoms with Crippen LogP contribution in [0.5, 0.6) is 0 Å². The van der Waals surface area contributed by atoms with Gasteiger partial charge in [0.15, 0.2) is 5.43 Å². The van der Waals surface area contributed by atoms with Crippen molar-refractivity contribution < 1.29 is 9.31 Å². The van der Waals surface area contributed by atoms with Gasteiger partial charge in [-0.2, -0.15) is 0 Å². The lowest BCUT2D eigenvalue weighted by Crippen LogP contribution is -2.06. The van der Waals surface area contributed by atoms with Crippen molar-refractivity contribution in [2.24, 2.45) is 0 Å². The molecular weight excluding hydrogens is 239 g/mol. The van der Waals surface area contributed by atoms with Gasteiger partial charge in [-0.25, -0.2) is 4.39 Å². The molecule has 0 aliphatic rings. The van der Waals surface area contributed by atoms with E-state index in [9.17, 15) is 19.3 Å². The molecule has 0 unspecified atom stereocenters. The first-order valence-electron chi connectivity index (χ1n) is 5.15. The number of aromatic nitrogens is 1. The molecular formula is C12H9FN2O3. The van der Waals surface area contributed by atoms with E-state index >= 15 is 0 Å². The van der Waals surface area contributed by atoms with Crippen LogP contribution >= 0.6 is 0 Å². The van der Waals surface area contributed by atoms with Crippen LogP contribution in [-0.4, -0.2) is 9.49 Å². The first-order valence-corrected chi connectivity index (χ1v) is 5.15. The van der Waals surface area contributed by atoms with Gasteiger partial charge in [-0.05, 0) is 12.1 Å². The van der Waals surface area contributed by atoms with Crippen LogP contribution < -0.4 is 5.43 Å². The number of pyridine rings is 1. The first kappa shape index (κ1) is 12.0. The summed E-state index contributed by atoms with van der Waals surface area (Å²) in [6.45, 7) is 0.133. The summed E-state index contributed by atoms with van der Waals surface area (Å²) in [6, 6.07) is 5.98. The van der Waals surface area contributed by atoms with E-state index in [0.717, 1.165) is 18.2 Å². The van der Waals surface area contributed by atoms with E-state index in [1.807, 2.05) is 0 Å². The third kappa shape index (κ3) is 2.60. The van der Waals surface area contributed by atoms with Crippen LogP contribution in [0.25, 0.3) is 0 Å². The van der Waals surface area contributed by atoms with Crippen molar-refractivity contribution in [2.75, 3.05) is 0 Å². The van der Waals surface area contributed by atoms with Crippen molar-refractivity contribution in [3.05, 3.63) is 74.4 Å². The van der Waals surface area contributed by atoms with Crippen LogP contribution in [0.3, 0.4) is 0 Å². The van der Waals surface area contributed by atoms with Gasteiger partial charge >= 0.3 is 0 Å². The van der Waals surface area contributed by atoms with E-state index in [4.69, 9.17) is 0 Å². The summed E-state index contributed by atoms with van der Waals surface area (Å²) in [6.07, 6.45) is 2.99. The van der Waals surface area contributed by atoms with Crippen LogP contribution in [0.2, 0.25) is 0 Å². The molecule has 5 nitrogen and oxygen atoms in total. The van der Waals surface area contributed by atoms with E-state index in [1.54, 1.807) is 4.57 Å². The SMILES string of the molecule is O=c1ccn(Cc2cc(F)ccc2[N+](=O)[O-])cc1. The van der Waals surface area contributed by atoms with E-state index in [-0.39, 0.29) is 23.2 Å². The fraction of sp³-hybridized carbons (Fsp3) is 0.0833. The molecule has 0 radical (unpaired) electrons. The predicted molar refractivity (Wildman–Crippen MR) is 62.9 cm³/mol. The second-order valence-electron chi connectivity index (χ2n) is 3.74. The van der Waals surface area contributed by atoms with Gasteiger partial charge in [-0.15, -0.1) is 0 Å². The largest absolute Gasteiger partial charge is 0.349 e. The van der Waals surface area contributed by atoms with Crippen LogP contribution in [0.1, 0.15) is 5.56 Å². The molecule has 1 aromatic carbocycles. The van der Waals surface area contributed by atoms with E-state index in [2.05, 4.69) is 0 Å². The fourth-order valence-corrected chi connectivity index (χ4v) is 1.60. The lowest BCUT2D eigenvalue weighted by atomic mass is 10.1. The van der Waals surface area contributed by atoms with Gasteiger partial charge in [0.05, 0.1) is 17.0 Å². The lowest BCUT2D eigenvalue weighted by molar-refractivity contribution is -0.385. The summed E-state index contributed by atoms with van der Waals surface area (Å²) in [5.41, 5.74) is -0.0428. The average Bonchev–Trinajstić information content (AvgIpc) is 2.32. The van der Waals surface area contributed by atoms with Crippen LogP contribution in [-0.2, 0) is 6.54 Å². The second kappa shape index (κ2) is 4.79. The molecule has 0 atom stereocenters. The number of nitro groups is 1. The third-order valence-electron chi connectivity index (χ3n) is 2.45. The Bertz CT molecular complexity index is 632. The first-order chi connectivity index (χ1) is 8.56. The molecule has 18 heavy (non-hydrogen) atoms. The van der Waals surface area contributed by atoms with Gasteiger partial charge in [0.1, 0.15) is 5.82 Å². The topological polar surface area (TPSA) is 65.1 Å². The van der Waals surface area contributed by atoms with Crippen LogP contribution in [0, 0.1) is 15.9 Å². The molecule has 92 valence electrons. The quantitative estimate of drug-likeness (QED) is 0.616. The monoisotopic (exact) mass is 248 g/mol. The Kier molecular flexibility index (Phi) is 3.18. The maximum Gasteiger partial charge on any atom is 0.274 e. The molecule has 2 rings (SSSR count). The minimum absolute atomic E-state index is 0.133. The minimum Gasteiger partial charge on any atom is -0.349 e. The molecule has 0 aliphatic heterocycles. The van der Waals surface area contributed by atoms with Gasteiger partial charge in [0.2, 0.25) is 0 Å². The van der Waals surface area contributed by atoms with Crippen molar-refractivity contribution in [1.82, 2.24) is 4.57 Å². The smallest absolute Gasteiger partial charge is 0.274 e. The molecule has 0 N–H and O–H groups in total.